The summed E-state index contributed by atoms with van der Waals surface area (Å²) in [5.41, 5.74) is 2.55. The summed E-state index contributed by atoms with van der Waals surface area (Å²) in [4.78, 5) is 4.64. The molecule has 0 bridgehead atoms. The molecule has 1 aromatic heterocycles. The Hall–Kier alpha value is -1.05. The van der Waals surface area contributed by atoms with E-state index in [1.165, 1.54) is 11.3 Å². The van der Waals surface area contributed by atoms with Gasteiger partial charge in [0.15, 0.2) is 0 Å². The molecule has 0 saturated carbocycles. The Kier molecular flexibility index (Phi) is 2.44. The Labute approximate surface area is 85.7 Å². The molecule has 1 atom stereocenters. The molecule has 14 heavy (non-hydrogen) atoms. The minimum atomic E-state index is 0.515. The van der Waals surface area contributed by atoms with Crippen molar-refractivity contribution >= 4 is 5.82 Å². The van der Waals surface area contributed by atoms with E-state index in [1.54, 1.807) is 0 Å². The zero-order valence-corrected chi connectivity index (χ0v) is 9.17. The molecule has 0 radical (unpaired) electrons. The predicted molar refractivity (Wildman–Crippen MR) is 59.7 cm³/mol. The van der Waals surface area contributed by atoms with Gasteiger partial charge in [-0.2, -0.15) is 0 Å². The van der Waals surface area contributed by atoms with Gasteiger partial charge in [-0.25, -0.2) is 4.98 Å². The molecule has 76 valence electrons. The van der Waals surface area contributed by atoms with Crippen LogP contribution in [0.25, 0.3) is 0 Å². The van der Waals surface area contributed by atoms with Gasteiger partial charge < -0.3 is 5.32 Å². The first-order chi connectivity index (χ1) is 6.66. The van der Waals surface area contributed by atoms with Gasteiger partial charge in [0.25, 0.3) is 0 Å². The van der Waals surface area contributed by atoms with Crippen molar-refractivity contribution < 1.29 is 0 Å². The second kappa shape index (κ2) is 3.60. The first-order valence-electron chi connectivity index (χ1n) is 5.40. The maximum atomic E-state index is 4.64. The van der Waals surface area contributed by atoms with Crippen LogP contribution < -0.4 is 5.32 Å². The highest BCUT2D eigenvalue weighted by molar-refractivity contribution is 5.47. The molecule has 2 heteroatoms. The van der Waals surface area contributed by atoms with Crippen LogP contribution in [0.1, 0.15) is 37.9 Å². The average molecular weight is 190 g/mol. The standard InChI is InChI=1S/C12H18N2/c1-8(2)11-5-4-10-6-9(3)7-13-12(10)14-11/h4-5,8-9H,6-7H2,1-3H3,(H,13,14). The minimum Gasteiger partial charge on any atom is -0.370 e. The Morgan fingerprint density at radius 3 is 2.93 bits per heavy atom. The Morgan fingerprint density at radius 1 is 1.43 bits per heavy atom. The number of hydrogen-bond acceptors (Lipinski definition) is 2. The van der Waals surface area contributed by atoms with Crippen molar-refractivity contribution in [1.82, 2.24) is 4.98 Å². The van der Waals surface area contributed by atoms with E-state index in [-0.39, 0.29) is 0 Å². The molecule has 1 N–H and O–H groups in total. The molecule has 1 unspecified atom stereocenters. The van der Waals surface area contributed by atoms with Crippen molar-refractivity contribution in [3.05, 3.63) is 23.4 Å². The fourth-order valence-electron chi connectivity index (χ4n) is 1.86. The van der Waals surface area contributed by atoms with E-state index in [0.29, 0.717) is 5.92 Å². The van der Waals surface area contributed by atoms with Crippen molar-refractivity contribution in [2.75, 3.05) is 11.9 Å². The number of anilines is 1. The number of nitrogens with zero attached hydrogens (tertiary/aromatic N) is 1. The van der Waals surface area contributed by atoms with Gasteiger partial charge in [0.1, 0.15) is 5.82 Å². The average Bonchev–Trinajstić information content (AvgIpc) is 2.16. The van der Waals surface area contributed by atoms with Gasteiger partial charge in [0.2, 0.25) is 0 Å². The van der Waals surface area contributed by atoms with Crippen LogP contribution in [0.15, 0.2) is 12.1 Å². The Balaban J connectivity index is 2.31. The first-order valence-corrected chi connectivity index (χ1v) is 5.40. The lowest BCUT2D eigenvalue weighted by atomic mass is 9.97. The summed E-state index contributed by atoms with van der Waals surface area (Å²) in [6.07, 6.45) is 1.16. The Morgan fingerprint density at radius 2 is 2.21 bits per heavy atom. The molecule has 2 rings (SSSR count). The van der Waals surface area contributed by atoms with Crippen LogP contribution in [0.2, 0.25) is 0 Å². The highest BCUT2D eigenvalue weighted by Crippen LogP contribution is 2.24. The quantitative estimate of drug-likeness (QED) is 0.736. The zero-order chi connectivity index (χ0) is 10.1. The molecule has 2 heterocycles. The topological polar surface area (TPSA) is 24.9 Å². The highest BCUT2D eigenvalue weighted by Gasteiger charge is 2.16. The third-order valence-electron chi connectivity index (χ3n) is 2.78. The maximum absolute atomic E-state index is 4.64. The van der Waals surface area contributed by atoms with E-state index in [9.17, 15) is 0 Å². The van der Waals surface area contributed by atoms with Gasteiger partial charge in [-0.15, -0.1) is 0 Å². The van der Waals surface area contributed by atoms with Crippen molar-refractivity contribution in [2.24, 2.45) is 5.92 Å². The van der Waals surface area contributed by atoms with E-state index < -0.39 is 0 Å². The van der Waals surface area contributed by atoms with Crippen LogP contribution in [-0.2, 0) is 6.42 Å². The van der Waals surface area contributed by atoms with Crippen molar-refractivity contribution in [2.45, 2.75) is 33.1 Å². The first kappa shape index (κ1) is 9.50. The van der Waals surface area contributed by atoms with Crippen LogP contribution in [-0.4, -0.2) is 11.5 Å². The number of fused-ring (bicyclic) bond motifs is 1. The molecule has 0 amide bonds. The molecule has 2 nitrogen and oxygen atoms in total. The molecule has 1 aromatic rings. The monoisotopic (exact) mass is 190 g/mol. The van der Waals surface area contributed by atoms with E-state index in [0.717, 1.165) is 24.7 Å². The van der Waals surface area contributed by atoms with Gasteiger partial charge in [-0.1, -0.05) is 26.8 Å². The van der Waals surface area contributed by atoms with Gasteiger partial charge in [-0.3, -0.25) is 0 Å². The number of rotatable bonds is 1. The van der Waals surface area contributed by atoms with Gasteiger partial charge in [0.05, 0.1) is 0 Å². The molecule has 0 fully saturated rings. The summed E-state index contributed by atoms with van der Waals surface area (Å²) in [5, 5.41) is 3.40. The molecule has 0 spiro atoms. The normalized spacial score (nSPS) is 20.4. The van der Waals surface area contributed by atoms with Gasteiger partial charge >= 0.3 is 0 Å². The van der Waals surface area contributed by atoms with Gasteiger partial charge in [0, 0.05) is 12.2 Å². The van der Waals surface area contributed by atoms with Crippen LogP contribution in [0.5, 0.6) is 0 Å². The van der Waals surface area contributed by atoms with Crippen molar-refractivity contribution in [3.63, 3.8) is 0 Å². The van der Waals surface area contributed by atoms with Crippen LogP contribution in [0.3, 0.4) is 0 Å². The number of pyridine rings is 1. The molecule has 0 aliphatic carbocycles. The summed E-state index contributed by atoms with van der Waals surface area (Å²) in [7, 11) is 0. The summed E-state index contributed by atoms with van der Waals surface area (Å²) in [5.74, 6) is 2.35. The van der Waals surface area contributed by atoms with Crippen molar-refractivity contribution in [3.8, 4) is 0 Å². The molecule has 0 saturated heterocycles. The zero-order valence-electron chi connectivity index (χ0n) is 9.17. The number of hydrogen-bond donors (Lipinski definition) is 1. The second-order valence-corrected chi connectivity index (χ2v) is 4.59. The summed E-state index contributed by atoms with van der Waals surface area (Å²) >= 11 is 0. The lowest BCUT2D eigenvalue weighted by molar-refractivity contribution is 0.589. The molecule has 1 aliphatic rings. The highest BCUT2D eigenvalue weighted by atomic mass is 15.0. The molecule has 1 aliphatic heterocycles. The third-order valence-corrected chi connectivity index (χ3v) is 2.78. The fraction of sp³-hybridized carbons (Fsp3) is 0.583. The molecule has 0 aromatic carbocycles. The molecular formula is C12H18N2. The van der Waals surface area contributed by atoms with E-state index >= 15 is 0 Å². The van der Waals surface area contributed by atoms with Crippen molar-refractivity contribution in [1.29, 1.82) is 0 Å². The second-order valence-electron chi connectivity index (χ2n) is 4.59. The lowest BCUT2D eigenvalue weighted by Gasteiger charge is -2.23. The minimum absolute atomic E-state index is 0.515. The van der Waals surface area contributed by atoms with E-state index in [1.807, 2.05) is 0 Å². The summed E-state index contributed by atoms with van der Waals surface area (Å²) < 4.78 is 0. The SMILES string of the molecule is CC1CNc2nc(C(C)C)ccc2C1. The van der Waals surface area contributed by atoms with E-state index in [4.69, 9.17) is 0 Å². The smallest absolute Gasteiger partial charge is 0.129 e. The van der Waals surface area contributed by atoms with Crippen LogP contribution >= 0.6 is 0 Å². The lowest BCUT2D eigenvalue weighted by Crippen LogP contribution is -2.22. The fourth-order valence-corrected chi connectivity index (χ4v) is 1.86. The number of aromatic nitrogens is 1. The predicted octanol–water partition coefficient (Wildman–Crippen LogP) is 2.81. The molecular weight excluding hydrogens is 172 g/mol. The van der Waals surface area contributed by atoms with Crippen LogP contribution in [0.4, 0.5) is 5.82 Å². The summed E-state index contributed by atoms with van der Waals surface area (Å²) in [6, 6.07) is 4.38. The van der Waals surface area contributed by atoms with Crippen LogP contribution in [0, 0.1) is 5.92 Å². The summed E-state index contributed by atoms with van der Waals surface area (Å²) in [6.45, 7) is 7.69. The Bertz CT molecular complexity index is 331. The van der Waals surface area contributed by atoms with E-state index in [2.05, 4.69) is 43.2 Å². The maximum Gasteiger partial charge on any atom is 0.129 e. The van der Waals surface area contributed by atoms with Gasteiger partial charge in [-0.05, 0) is 29.9 Å². The largest absolute Gasteiger partial charge is 0.370 e. The third kappa shape index (κ3) is 1.74. The number of nitrogens with one attached hydrogen (secondary N) is 1.